The van der Waals surface area contributed by atoms with E-state index in [1.54, 1.807) is 12.3 Å². The molecule has 1 aliphatic heterocycles. The molecular formula is C22H28F4N4O4. The normalized spacial score (nSPS) is 15.4. The summed E-state index contributed by atoms with van der Waals surface area (Å²) in [7, 11) is 1.49. The van der Waals surface area contributed by atoms with Crippen LogP contribution < -0.4 is 4.74 Å². The van der Waals surface area contributed by atoms with Gasteiger partial charge in [-0.2, -0.15) is 18.3 Å². The van der Waals surface area contributed by atoms with E-state index >= 15 is 0 Å². The maximum Gasteiger partial charge on any atom is 0.490 e. The highest BCUT2D eigenvalue weighted by atomic mass is 19.4. The second-order valence-corrected chi connectivity index (χ2v) is 7.62. The van der Waals surface area contributed by atoms with Crippen molar-refractivity contribution >= 4 is 11.9 Å². The van der Waals surface area contributed by atoms with Crippen LogP contribution in [0, 0.1) is 5.82 Å². The molecule has 2 heterocycles. The average molecular weight is 488 g/mol. The van der Waals surface area contributed by atoms with E-state index in [4.69, 9.17) is 14.6 Å². The lowest BCUT2D eigenvalue weighted by Crippen LogP contribution is -2.45. The van der Waals surface area contributed by atoms with Crippen LogP contribution in [0.5, 0.6) is 5.75 Å². The minimum absolute atomic E-state index is 0.0110. The number of alkyl halides is 3. The number of aliphatic carboxylic acids is 1. The van der Waals surface area contributed by atoms with Crippen molar-refractivity contribution in [2.75, 3.05) is 33.3 Å². The molecule has 0 radical (unpaired) electrons. The van der Waals surface area contributed by atoms with E-state index in [1.807, 2.05) is 15.6 Å². The molecule has 0 bridgehead atoms. The first-order valence-electron chi connectivity index (χ1n) is 10.6. The van der Waals surface area contributed by atoms with E-state index in [9.17, 15) is 22.4 Å². The number of rotatable bonds is 7. The molecule has 8 nitrogen and oxygen atoms in total. The van der Waals surface area contributed by atoms with Crippen LogP contribution in [0.2, 0.25) is 0 Å². The number of hydrogen-bond acceptors (Lipinski definition) is 5. The van der Waals surface area contributed by atoms with Crippen LogP contribution in [-0.2, 0) is 22.6 Å². The van der Waals surface area contributed by atoms with Crippen molar-refractivity contribution in [1.29, 1.82) is 0 Å². The summed E-state index contributed by atoms with van der Waals surface area (Å²) in [6.07, 6.45) is -3.10. The smallest absolute Gasteiger partial charge is 0.490 e. The molecule has 1 unspecified atom stereocenters. The van der Waals surface area contributed by atoms with Crippen LogP contribution in [0.4, 0.5) is 17.6 Å². The van der Waals surface area contributed by atoms with Crippen molar-refractivity contribution in [1.82, 2.24) is 19.6 Å². The number of carboxylic acids is 1. The van der Waals surface area contributed by atoms with E-state index < -0.39 is 12.1 Å². The van der Waals surface area contributed by atoms with E-state index in [1.165, 1.54) is 19.2 Å². The molecule has 3 rings (SSSR count). The third-order valence-electron chi connectivity index (χ3n) is 5.43. The lowest BCUT2D eigenvalue weighted by atomic mass is 10.1. The number of halogens is 4. The number of nitrogens with zero attached hydrogens (tertiary/aromatic N) is 4. The number of amides is 1. The summed E-state index contributed by atoms with van der Waals surface area (Å²) >= 11 is 0. The van der Waals surface area contributed by atoms with Gasteiger partial charge in [-0.25, -0.2) is 9.18 Å². The fourth-order valence-electron chi connectivity index (χ4n) is 3.63. The Kier molecular flexibility index (Phi) is 9.42. The standard InChI is InChI=1S/C20H27FN4O2.C2HF3O2/c1-4-23(5-2)12-18-14-24(13-17-8-9-22-25(17)18)20(26)10-15-6-7-16(21)11-19(15)27-3;3-2(4,5)1(6)7/h6-9,11,18H,4-5,10,12-14H2,1-3H3;(H,6,7). The van der Waals surface area contributed by atoms with Crippen LogP contribution in [0.25, 0.3) is 0 Å². The average Bonchev–Trinajstić information content (AvgIpc) is 3.27. The number of carbonyl (C=O) groups is 2. The van der Waals surface area contributed by atoms with Gasteiger partial charge in [-0.05, 0) is 25.2 Å². The van der Waals surface area contributed by atoms with Crippen molar-refractivity contribution in [3.63, 3.8) is 0 Å². The maximum absolute atomic E-state index is 13.4. The molecule has 0 spiro atoms. The van der Waals surface area contributed by atoms with E-state index in [-0.39, 0.29) is 24.2 Å². The molecule has 1 N–H and O–H groups in total. The molecule has 1 atom stereocenters. The summed E-state index contributed by atoms with van der Waals surface area (Å²) in [5, 5.41) is 11.6. The van der Waals surface area contributed by atoms with Gasteiger partial charge in [0.25, 0.3) is 0 Å². The predicted octanol–water partition coefficient (Wildman–Crippen LogP) is 3.13. The van der Waals surface area contributed by atoms with Gasteiger partial charge in [0.1, 0.15) is 11.6 Å². The Labute approximate surface area is 194 Å². The number of benzene rings is 1. The minimum Gasteiger partial charge on any atom is -0.496 e. The summed E-state index contributed by atoms with van der Waals surface area (Å²) < 4.78 is 52.4. The molecule has 0 saturated heterocycles. The van der Waals surface area contributed by atoms with Crippen molar-refractivity contribution in [2.24, 2.45) is 0 Å². The highest BCUT2D eigenvalue weighted by molar-refractivity contribution is 5.79. The van der Waals surface area contributed by atoms with Gasteiger partial charge >= 0.3 is 12.1 Å². The molecule has 0 aliphatic carbocycles. The Morgan fingerprint density at radius 1 is 1.24 bits per heavy atom. The van der Waals surface area contributed by atoms with Crippen LogP contribution in [0.15, 0.2) is 30.5 Å². The molecule has 1 amide bonds. The summed E-state index contributed by atoms with van der Waals surface area (Å²) in [5.41, 5.74) is 1.74. The first-order chi connectivity index (χ1) is 16.0. The number of fused-ring (bicyclic) bond motifs is 1. The van der Waals surface area contributed by atoms with Gasteiger partial charge in [0.2, 0.25) is 5.91 Å². The first-order valence-corrected chi connectivity index (χ1v) is 10.6. The number of aromatic nitrogens is 2. The highest BCUT2D eigenvalue weighted by Gasteiger charge is 2.38. The minimum atomic E-state index is -5.08. The fraction of sp³-hybridized carbons (Fsp3) is 0.500. The Hall–Kier alpha value is -3.15. The third-order valence-corrected chi connectivity index (χ3v) is 5.43. The van der Waals surface area contributed by atoms with Crippen molar-refractivity contribution in [2.45, 2.75) is 39.0 Å². The highest BCUT2D eigenvalue weighted by Crippen LogP contribution is 2.25. The SMILES string of the molecule is CCN(CC)CC1CN(C(=O)Cc2ccc(F)cc2OC)Cc2ccnn21.O=C(O)C(F)(F)F. The third kappa shape index (κ3) is 7.17. The van der Waals surface area contributed by atoms with Crippen LogP contribution in [-0.4, -0.2) is 76.0 Å². The number of methoxy groups -OCH3 is 1. The van der Waals surface area contributed by atoms with E-state index in [0.29, 0.717) is 24.4 Å². The Bertz CT molecular complexity index is 976. The Morgan fingerprint density at radius 3 is 2.44 bits per heavy atom. The lowest BCUT2D eigenvalue weighted by molar-refractivity contribution is -0.192. The zero-order valence-electron chi connectivity index (χ0n) is 19.2. The van der Waals surface area contributed by atoms with Gasteiger partial charge in [-0.1, -0.05) is 19.9 Å². The summed E-state index contributed by atoms with van der Waals surface area (Å²) in [6.45, 7) is 8.21. The maximum atomic E-state index is 13.4. The molecule has 188 valence electrons. The number of ether oxygens (including phenoxy) is 1. The Morgan fingerprint density at radius 2 is 1.88 bits per heavy atom. The molecule has 12 heteroatoms. The quantitative estimate of drug-likeness (QED) is 0.603. The van der Waals surface area contributed by atoms with Crippen LogP contribution in [0.3, 0.4) is 0 Å². The van der Waals surface area contributed by atoms with Crippen molar-refractivity contribution < 1.29 is 37.0 Å². The lowest BCUT2D eigenvalue weighted by Gasteiger charge is -2.36. The molecule has 1 aliphatic rings. The molecule has 0 saturated carbocycles. The molecule has 1 aromatic carbocycles. The fourth-order valence-corrected chi connectivity index (χ4v) is 3.63. The van der Waals surface area contributed by atoms with Crippen LogP contribution >= 0.6 is 0 Å². The Balaban J connectivity index is 0.000000509. The zero-order chi connectivity index (χ0) is 25.5. The van der Waals surface area contributed by atoms with Crippen molar-refractivity contribution in [3.8, 4) is 5.75 Å². The number of carbonyl (C=O) groups excluding carboxylic acids is 1. The van der Waals surface area contributed by atoms with Gasteiger partial charge in [0.15, 0.2) is 0 Å². The van der Waals surface area contributed by atoms with Gasteiger partial charge < -0.3 is 19.6 Å². The number of likely N-dealkylation sites (N-methyl/N-ethyl adjacent to an activating group) is 1. The first kappa shape index (κ1) is 27.1. The van der Waals surface area contributed by atoms with Gasteiger partial charge in [-0.15, -0.1) is 0 Å². The van der Waals surface area contributed by atoms with Crippen LogP contribution in [0.1, 0.15) is 31.1 Å². The summed E-state index contributed by atoms with van der Waals surface area (Å²) in [6, 6.07) is 6.39. The monoisotopic (exact) mass is 488 g/mol. The molecule has 1 aromatic heterocycles. The second-order valence-electron chi connectivity index (χ2n) is 7.62. The summed E-state index contributed by atoms with van der Waals surface area (Å²) in [5.74, 6) is -2.71. The van der Waals surface area contributed by atoms with Gasteiger partial charge in [0.05, 0.1) is 31.8 Å². The van der Waals surface area contributed by atoms with Gasteiger partial charge in [-0.3, -0.25) is 9.48 Å². The molecule has 0 fully saturated rings. The number of carboxylic acid groups (broad SMARTS) is 1. The van der Waals surface area contributed by atoms with E-state index in [0.717, 1.165) is 25.3 Å². The second kappa shape index (κ2) is 11.8. The topological polar surface area (TPSA) is 87.9 Å². The predicted molar refractivity (Wildman–Crippen MR) is 115 cm³/mol. The molecular weight excluding hydrogens is 460 g/mol. The molecule has 34 heavy (non-hydrogen) atoms. The number of hydrogen-bond donors (Lipinski definition) is 1. The molecule has 2 aromatic rings. The van der Waals surface area contributed by atoms with Crippen molar-refractivity contribution in [3.05, 3.63) is 47.5 Å². The van der Waals surface area contributed by atoms with E-state index in [2.05, 4.69) is 23.8 Å². The summed E-state index contributed by atoms with van der Waals surface area (Å²) in [4.78, 5) is 26.1. The van der Waals surface area contributed by atoms with Gasteiger partial charge in [0, 0.05) is 30.9 Å². The largest absolute Gasteiger partial charge is 0.496 e. The zero-order valence-corrected chi connectivity index (χ0v) is 19.2.